The SMILES string of the molecule is CC1CCC(COc2cccc(CC(=O)O)c2)O1. The third kappa shape index (κ3) is 3.74. The average Bonchev–Trinajstić information content (AvgIpc) is 2.72. The van der Waals surface area contributed by atoms with Gasteiger partial charge in [-0.05, 0) is 37.5 Å². The van der Waals surface area contributed by atoms with Gasteiger partial charge in [-0.3, -0.25) is 4.79 Å². The normalized spacial score (nSPS) is 22.9. The minimum Gasteiger partial charge on any atom is -0.491 e. The van der Waals surface area contributed by atoms with E-state index in [1.807, 2.05) is 12.1 Å². The van der Waals surface area contributed by atoms with Crippen molar-refractivity contribution in [1.29, 1.82) is 0 Å². The molecule has 0 amide bonds. The van der Waals surface area contributed by atoms with Gasteiger partial charge in [-0.2, -0.15) is 0 Å². The maximum Gasteiger partial charge on any atom is 0.307 e. The summed E-state index contributed by atoms with van der Waals surface area (Å²) in [4.78, 5) is 10.6. The van der Waals surface area contributed by atoms with Crippen molar-refractivity contribution in [2.75, 3.05) is 6.61 Å². The molecule has 1 heterocycles. The van der Waals surface area contributed by atoms with Crippen LogP contribution in [-0.4, -0.2) is 29.9 Å². The standard InChI is InChI=1S/C14H18O4/c1-10-5-6-13(18-10)9-17-12-4-2-3-11(7-12)8-14(15)16/h2-4,7,10,13H,5-6,8-9H2,1H3,(H,15,16). The van der Waals surface area contributed by atoms with Crippen molar-refractivity contribution >= 4 is 5.97 Å². The first-order chi connectivity index (χ1) is 8.63. The lowest BCUT2D eigenvalue weighted by Crippen LogP contribution is -2.17. The minimum absolute atomic E-state index is 0.0220. The Hall–Kier alpha value is -1.55. The Morgan fingerprint density at radius 2 is 2.33 bits per heavy atom. The number of ether oxygens (including phenoxy) is 2. The number of benzene rings is 1. The molecule has 0 radical (unpaired) electrons. The molecule has 98 valence electrons. The Bertz CT molecular complexity index is 416. The molecule has 2 unspecified atom stereocenters. The van der Waals surface area contributed by atoms with E-state index < -0.39 is 5.97 Å². The van der Waals surface area contributed by atoms with Crippen LogP contribution in [0.1, 0.15) is 25.3 Å². The summed E-state index contributed by atoms with van der Waals surface area (Å²) in [7, 11) is 0. The molecule has 1 saturated heterocycles. The van der Waals surface area contributed by atoms with Gasteiger partial charge in [-0.15, -0.1) is 0 Å². The van der Waals surface area contributed by atoms with Crippen LogP contribution in [0, 0.1) is 0 Å². The van der Waals surface area contributed by atoms with Crippen LogP contribution >= 0.6 is 0 Å². The Kier molecular flexibility index (Phi) is 4.20. The van der Waals surface area contributed by atoms with Gasteiger partial charge in [0, 0.05) is 0 Å². The lowest BCUT2D eigenvalue weighted by molar-refractivity contribution is -0.136. The molecule has 0 saturated carbocycles. The fourth-order valence-electron chi connectivity index (χ4n) is 2.12. The highest BCUT2D eigenvalue weighted by atomic mass is 16.5. The van der Waals surface area contributed by atoms with Gasteiger partial charge in [0.15, 0.2) is 0 Å². The van der Waals surface area contributed by atoms with Crippen molar-refractivity contribution in [3.8, 4) is 5.75 Å². The van der Waals surface area contributed by atoms with E-state index in [1.165, 1.54) is 0 Å². The molecule has 1 aliphatic rings. The highest BCUT2D eigenvalue weighted by molar-refractivity contribution is 5.70. The number of rotatable bonds is 5. The van der Waals surface area contributed by atoms with Crippen LogP contribution in [0.5, 0.6) is 5.75 Å². The van der Waals surface area contributed by atoms with Gasteiger partial charge >= 0.3 is 5.97 Å². The second-order valence-corrected chi connectivity index (χ2v) is 4.67. The number of carboxylic acids is 1. The molecule has 1 aliphatic heterocycles. The van der Waals surface area contributed by atoms with E-state index in [9.17, 15) is 4.79 Å². The third-order valence-electron chi connectivity index (χ3n) is 3.01. The molecule has 1 N–H and O–H groups in total. The molecule has 1 aromatic carbocycles. The molecule has 2 rings (SSSR count). The Morgan fingerprint density at radius 3 is 3.00 bits per heavy atom. The predicted molar refractivity (Wildman–Crippen MR) is 66.8 cm³/mol. The van der Waals surface area contributed by atoms with Crippen LogP contribution in [0.4, 0.5) is 0 Å². The number of hydrogen-bond donors (Lipinski definition) is 1. The lowest BCUT2D eigenvalue weighted by Gasteiger charge is -2.13. The van der Waals surface area contributed by atoms with Crippen molar-refractivity contribution in [2.24, 2.45) is 0 Å². The van der Waals surface area contributed by atoms with Crippen molar-refractivity contribution in [3.63, 3.8) is 0 Å². The fraction of sp³-hybridized carbons (Fsp3) is 0.500. The van der Waals surface area contributed by atoms with E-state index in [4.69, 9.17) is 14.6 Å². The molecule has 18 heavy (non-hydrogen) atoms. The zero-order valence-corrected chi connectivity index (χ0v) is 10.5. The van der Waals surface area contributed by atoms with Crippen LogP contribution in [-0.2, 0) is 16.0 Å². The van der Waals surface area contributed by atoms with Crippen LogP contribution in [0.25, 0.3) is 0 Å². The maximum absolute atomic E-state index is 10.6. The predicted octanol–water partition coefficient (Wildman–Crippen LogP) is 2.26. The van der Waals surface area contributed by atoms with Gasteiger partial charge in [0.2, 0.25) is 0 Å². The summed E-state index contributed by atoms with van der Waals surface area (Å²) in [6.07, 6.45) is 2.59. The van der Waals surface area contributed by atoms with E-state index in [2.05, 4.69) is 6.92 Å². The molecular formula is C14H18O4. The van der Waals surface area contributed by atoms with Gasteiger partial charge in [0.05, 0.1) is 18.6 Å². The third-order valence-corrected chi connectivity index (χ3v) is 3.01. The first-order valence-corrected chi connectivity index (χ1v) is 6.22. The smallest absolute Gasteiger partial charge is 0.307 e. The van der Waals surface area contributed by atoms with Crippen molar-refractivity contribution in [3.05, 3.63) is 29.8 Å². The summed E-state index contributed by atoms with van der Waals surface area (Å²) in [6, 6.07) is 7.21. The maximum atomic E-state index is 10.6. The van der Waals surface area contributed by atoms with Crippen LogP contribution in [0.3, 0.4) is 0 Å². The van der Waals surface area contributed by atoms with Crippen LogP contribution < -0.4 is 4.74 Å². The first kappa shape index (κ1) is 12.9. The summed E-state index contributed by atoms with van der Waals surface area (Å²) in [5.74, 6) is -0.128. The first-order valence-electron chi connectivity index (χ1n) is 6.22. The summed E-state index contributed by atoms with van der Waals surface area (Å²) >= 11 is 0. The van der Waals surface area contributed by atoms with E-state index in [0.29, 0.717) is 18.5 Å². The summed E-state index contributed by atoms with van der Waals surface area (Å²) < 4.78 is 11.3. The van der Waals surface area contributed by atoms with Crippen LogP contribution in [0.15, 0.2) is 24.3 Å². The highest BCUT2D eigenvalue weighted by Crippen LogP contribution is 2.21. The second-order valence-electron chi connectivity index (χ2n) is 4.67. The topological polar surface area (TPSA) is 55.8 Å². The number of carboxylic acid groups (broad SMARTS) is 1. The zero-order chi connectivity index (χ0) is 13.0. The van der Waals surface area contributed by atoms with Gasteiger partial charge in [-0.1, -0.05) is 12.1 Å². The fourth-order valence-corrected chi connectivity index (χ4v) is 2.12. The largest absolute Gasteiger partial charge is 0.491 e. The van der Waals surface area contributed by atoms with E-state index >= 15 is 0 Å². The molecule has 0 spiro atoms. The molecule has 1 aromatic rings. The highest BCUT2D eigenvalue weighted by Gasteiger charge is 2.22. The van der Waals surface area contributed by atoms with Gasteiger partial charge in [0.25, 0.3) is 0 Å². The number of hydrogen-bond acceptors (Lipinski definition) is 3. The molecule has 4 heteroatoms. The molecule has 0 aliphatic carbocycles. The van der Waals surface area contributed by atoms with Crippen LogP contribution in [0.2, 0.25) is 0 Å². The molecule has 0 aromatic heterocycles. The minimum atomic E-state index is -0.833. The van der Waals surface area contributed by atoms with Gasteiger partial charge in [-0.25, -0.2) is 0 Å². The molecule has 0 bridgehead atoms. The van der Waals surface area contributed by atoms with Gasteiger partial charge < -0.3 is 14.6 Å². The van der Waals surface area contributed by atoms with Crippen molar-refractivity contribution < 1.29 is 19.4 Å². The Morgan fingerprint density at radius 1 is 1.50 bits per heavy atom. The van der Waals surface area contributed by atoms with E-state index in [1.54, 1.807) is 12.1 Å². The molecule has 1 fully saturated rings. The van der Waals surface area contributed by atoms with Crippen molar-refractivity contribution in [1.82, 2.24) is 0 Å². The van der Waals surface area contributed by atoms with Crippen molar-refractivity contribution in [2.45, 2.75) is 38.4 Å². The second kappa shape index (κ2) is 5.87. The Balaban J connectivity index is 1.87. The number of carbonyl (C=O) groups is 1. The summed E-state index contributed by atoms with van der Waals surface area (Å²) in [5, 5.41) is 8.73. The summed E-state index contributed by atoms with van der Waals surface area (Å²) in [5.41, 5.74) is 0.751. The zero-order valence-electron chi connectivity index (χ0n) is 10.5. The average molecular weight is 250 g/mol. The van der Waals surface area contributed by atoms with Gasteiger partial charge in [0.1, 0.15) is 12.4 Å². The monoisotopic (exact) mass is 250 g/mol. The molecular weight excluding hydrogens is 232 g/mol. The molecule has 2 atom stereocenters. The summed E-state index contributed by atoms with van der Waals surface area (Å²) in [6.45, 7) is 2.59. The number of aliphatic carboxylic acids is 1. The van der Waals surface area contributed by atoms with E-state index in [-0.39, 0.29) is 12.5 Å². The Labute approximate surface area is 107 Å². The van der Waals surface area contributed by atoms with E-state index in [0.717, 1.165) is 18.4 Å². The quantitative estimate of drug-likeness (QED) is 0.871. The molecule has 4 nitrogen and oxygen atoms in total. The lowest BCUT2D eigenvalue weighted by atomic mass is 10.1.